The Morgan fingerprint density at radius 2 is 2.00 bits per heavy atom. The van der Waals surface area contributed by atoms with E-state index in [9.17, 15) is 9.18 Å². The van der Waals surface area contributed by atoms with E-state index < -0.39 is 11.9 Å². The lowest BCUT2D eigenvalue weighted by atomic mass is 9.97. The van der Waals surface area contributed by atoms with Gasteiger partial charge in [-0.1, -0.05) is 40.5 Å². The van der Waals surface area contributed by atoms with Crippen molar-refractivity contribution >= 4 is 23.2 Å². The second-order valence-corrected chi connectivity index (χ2v) is 7.26. The topological polar surface area (TPSA) is 50.7 Å². The number of carbonyl (C=O) groups excluding carboxylic acids is 1. The number of hydrogen-bond acceptors (Lipinski definition) is 3. The van der Waals surface area contributed by atoms with Crippen LogP contribution in [0.3, 0.4) is 0 Å². The van der Waals surface area contributed by atoms with Crippen LogP contribution < -0.4 is 5.32 Å². The maximum absolute atomic E-state index is 14.1. The molecule has 3 rings (SSSR count). The zero-order valence-corrected chi connectivity index (χ0v) is 16.4. The highest BCUT2D eigenvalue weighted by Crippen LogP contribution is 2.23. The van der Waals surface area contributed by atoms with Gasteiger partial charge in [-0.05, 0) is 56.0 Å². The summed E-state index contributed by atoms with van der Waals surface area (Å²) in [5.74, 6) is -0.800. The number of carbonyl (C=O) groups is 1. The Bertz CT molecular complexity index is 888. The molecule has 0 spiro atoms. The molecule has 1 amide bonds. The molecule has 1 heterocycles. The number of benzene rings is 2. The fraction of sp³-hybridized carbons (Fsp3) is 0.333. The van der Waals surface area contributed by atoms with Crippen LogP contribution in [0.4, 0.5) is 4.39 Å². The second-order valence-electron chi connectivity index (χ2n) is 6.86. The Labute approximate surface area is 163 Å². The summed E-state index contributed by atoms with van der Waals surface area (Å²) in [6, 6.07) is 8.97. The quantitative estimate of drug-likeness (QED) is 0.832. The van der Waals surface area contributed by atoms with Crippen LogP contribution in [0.1, 0.15) is 34.2 Å². The molecule has 1 aliphatic rings. The summed E-state index contributed by atoms with van der Waals surface area (Å²) in [7, 11) is 0. The van der Waals surface area contributed by atoms with Gasteiger partial charge in [-0.3, -0.25) is 4.79 Å². The van der Waals surface area contributed by atoms with Gasteiger partial charge in [-0.15, -0.1) is 0 Å². The predicted molar refractivity (Wildman–Crippen MR) is 105 cm³/mol. The molecule has 0 saturated carbocycles. The number of amides is 1. The third-order valence-corrected chi connectivity index (χ3v) is 5.03. The Morgan fingerprint density at radius 3 is 2.70 bits per heavy atom. The highest BCUT2D eigenvalue weighted by molar-refractivity contribution is 6.31. The van der Waals surface area contributed by atoms with Crippen molar-refractivity contribution in [3.8, 4) is 0 Å². The lowest BCUT2D eigenvalue weighted by Gasteiger charge is -2.13. The van der Waals surface area contributed by atoms with Crippen LogP contribution in [0.15, 0.2) is 35.5 Å². The number of nitrogens with zero attached hydrogens (tertiary/aromatic N) is 1. The summed E-state index contributed by atoms with van der Waals surface area (Å²) in [5, 5.41) is 6.78. The minimum absolute atomic E-state index is 0.0203. The van der Waals surface area contributed by atoms with Gasteiger partial charge in [0.25, 0.3) is 5.91 Å². The average Bonchev–Trinajstić information content (AvgIpc) is 3.09. The molecule has 1 unspecified atom stereocenters. The minimum Gasteiger partial charge on any atom is -0.382 e. The third kappa shape index (κ3) is 4.30. The summed E-state index contributed by atoms with van der Waals surface area (Å²) in [6.45, 7) is 6.74. The smallest absolute Gasteiger partial charge is 0.264 e. The van der Waals surface area contributed by atoms with E-state index in [0.717, 1.165) is 6.42 Å². The molecule has 6 heteroatoms. The van der Waals surface area contributed by atoms with Crippen molar-refractivity contribution in [2.45, 2.75) is 39.7 Å². The number of nitrogens with one attached hydrogen (secondary N) is 1. The summed E-state index contributed by atoms with van der Waals surface area (Å²) in [5.41, 5.74) is 5.58. The first kappa shape index (κ1) is 19.4. The van der Waals surface area contributed by atoms with Crippen molar-refractivity contribution < 1.29 is 14.0 Å². The molecule has 0 bridgehead atoms. The first-order chi connectivity index (χ1) is 12.9. The van der Waals surface area contributed by atoms with Gasteiger partial charge in [0.15, 0.2) is 5.82 Å². The SMILES string of the molecule is Cc1cc(C)c(CCNC(=O)C2CC(c3cccc(Cl)c3F)=NO2)c(C)c1. The molecule has 1 aliphatic heterocycles. The fourth-order valence-corrected chi connectivity index (χ4v) is 3.61. The van der Waals surface area contributed by atoms with Gasteiger partial charge in [0, 0.05) is 18.5 Å². The average molecular weight is 389 g/mol. The van der Waals surface area contributed by atoms with E-state index in [4.69, 9.17) is 16.4 Å². The molecule has 1 atom stereocenters. The molecular weight excluding hydrogens is 367 g/mol. The van der Waals surface area contributed by atoms with Crippen molar-refractivity contribution in [2.75, 3.05) is 6.54 Å². The maximum Gasteiger partial charge on any atom is 0.264 e. The molecular formula is C21H22ClFN2O2. The number of rotatable bonds is 5. The van der Waals surface area contributed by atoms with Crippen LogP contribution in [0.2, 0.25) is 5.02 Å². The van der Waals surface area contributed by atoms with Gasteiger partial charge >= 0.3 is 0 Å². The van der Waals surface area contributed by atoms with Crippen molar-refractivity contribution in [1.82, 2.24) is 5.32 Å². The van der Waals surface area contributed by atoms with Gasteiger partial charge < -0.3 is 10.2 Å². The molecule has 27 heavy (non-hydrogen) atoms. The van der Waals surface area contributed by atoms with Crippen molar-refractivity contribution in [3.05, 3.63) is 69.0 Å². The highest BCUT2D eigenvalue weighted by Gasteiger charge is 2.30. The minimum atomic E-state index is -0.751. The predicted octanol–water partition coefficient (Wildman–Crippen LogP) is 4.26. The maximum atomic E-state index is 14.1. The van der Waals surface area contributed by atoms with Crippen LogP contribution in [0.25, 0.3) is 0 Å². The molecule has 0 fully saturated rings. The Balaban J connectivity index is 1.56. The monoisotopic (exact) mass is 388 g/mol. The zero-order valence-electron chi connectivity index (χ0n) is 15.6. The summed E-state index contributed by atoms with van der Waals surface area (Å²) in [4.78, 5) is 17.6. The van der Waals surface area contributed by atoms with Crippen molar-refractivity contribution in [2.24, 2.45) is 5.16 Å². The van der Waals surface area contributed by atoms with Gasteiger partial charge in [-0.25, -0.2) is 4.39 Å². The third-order valence-electron chi connectivity index (χ3n) is 4.74. The summed E-state index contributed by atoms with van der Waals surface area (Å²) < 4.78 is 14.1. The second kappa shape index (κ2) is 8.09. The molecule has 0 aliphatic carbocycles. The fourth-order valence-electron chi connectivity index (χ4n) is 3.43. The van der Waals surface area contributed by atoms with E-state index in [1.807, 2.05) is 0 Å². The number of hydrogen-bond donors (Lipinski definition) is 1. The van der Waals surface area contributed by atoms with E-state index in [1.54, 1.807) is 12.1 Å². The lowest BCUT2D eigenvalue weighted by Crippen LogP contribution is -2.36. The van der Waals surface area contributed by atoms with Gasteiger partial charge in [0.05, 0.1) is 10.7 Å². The molecule has 4 nitrogen and oxygen atoms in total. The first-order valence-electron chi connectivity index (χ1n) is 8.88. The van der Waals surface area contributed by atoms with Crippen LogP contribution in [-0.4, -0.2) is 24.3 Å². The highest BCUT2D eigenvalue weighted by atomic mass is 35.5. The van der Waals surface area contributed by atoms with Crippen LogP contribution in [0, 0.1) is 26.6 Å². The molecule has 1 N–H and O–H groups in total. The van der Waals surface area contributed by atoms with E-state index in [0.29, 0.717) is 12.3 Å². The zero-order chi connectivity index (χ0) is 19.6. The van der Waals surface area contributed by atoms with Crippen molar-refractivity contribution in [3.63, 3.8) is 0 Å². The van der Waals surface area contributed by atoms with Gasteiger partial charge in [0.2, 0.25) is 6.10 Å². The van der Waals surface area contributed by atoms with E-state index >= 15 is 0 Å². The molecule has 142 valence electrons. The van der Waals surface area contributed by atoms with E-state index in [1.165, 1.54) is 28.3 Å². The van der Waals surface area contributed by atoms with Crippen LogP contribution in [0.5, 0.6) is 0 Å². The number of halogens is 2. The Hall–Kier alpha value is -2.40. The molecule has 2 aromatic rings. The number of aryl methyl sites for hydroxylation is 3. The van der Waals surface area contributed by atoms with E-state index in [2.05, 4.69) is 43.4 Å². The molecule has 0 radical (unpaired) electrons. The Kier molecular flexibility index (Phi) is 5.80. The number of oxime groups is 1. The van der Waals surface area contributed by atoms with Crippen LogP contribution >= 0.6 is 11.6 Å². The molecule has 2 aromatic carbocycles. The first-order valence-corrected chi connectivity index (χ1v) is 9.26. The lowest BCUT2D eigenvalue weighted by molar-refractivity contribution is -0.131. The van der Waals surface area contributed by atoms with Crippen LogP contribution in [-0.2, 0) is 16.1 Å². The Morgan fingerprint density at radius 1 is 1.30 bits per heavy atom. The normalized spacial score (nSPS) is 16.0. The molecule has 0 saturated heterocycles. The van der Waals surface area contributed by atoms with Crippen molar-refractivity contribution in [1.29, 1.82) is 0 Å². The van der Waals surface area contributed by atoms with Gasteiger partial charge in [0.1, 0.15) is 0 Å². The van der Waals surface area contributed by atoms with E-state index in [-0.39, 0.29) is 22.9 Å². The summed E-state index contributed by atoms with van der Waals surface area (Å²) >= 11 is 5.80. The largest absolute Gasteiger partial charge is 0.382 e. The van der Waals surface area contributed by atoms with Gasteiger partial charge in [-0.2, -0.15) is 0 Å². The summed E-state index contributed by atoms with van der Waals surface area (Å²) in [6.07, 6.45) is 0.206. The standard InChI is InChI=1S/C21H22ClFN2O2/c1-12-9-13(2)15(14(3)10-12)7-8-24-21(26)19-11-18(25-27-19)16-5-4-6-17(22)20(16)23/h4-6,9-10,19H,7-8,11H2,1-3H3,(H,24,26). The molecule has 0 aromatic heterocycles.